The largest absolute Gasteiger partial charge is 0.361 e. The zero-order valence-electron chi connectivity index (χ0n) is 9.65. The van der Waals surface area contributed by atoms with E-state index in [2.05, 4.69) is 54.3 Å². The quantitative estimate of drug-likeness (QED) is 0.668. The number of fused-ring (bicyclic) bond motifs is 1. The van der Waals surface area contributed by atoms with Gasteiger partial charge in [0.15, 0.2) is 0 Å². The molecule has 1 heteroatoms. The van der Waals surface area contributed by atoms with Crippen molar-refractivity contribution in [2.24, 2.45) is 0 Å². The van der Waals surface area contributed by atoms with Crippen LogP contribution >= 0.6 is 0 Å². The highest BCUT2D eigenvalue weighted by molar-refractivity contribution is 5.86. The molecular weight excluding hydrogens is 208 g/mol. The first-order valence-electron chi connectivity index (χ1n) is 6.03. The molecule has 0 aromatic heterocycles. The minimum absolute atomic E-state index is 0.0661. The molecule has 0 unspecified atom stereocenters. The number of ether oxygens (including phenoxy) is 1. The van der Waals surface area contributed by atoms with Crippen molar-refractivity contribution in [1.29, 1.82) is 0 Å². The Hall–Kier alpha value is -1.78. The fourth-order valence-electron chi connectivity index (χ4n) is 2.21. The van der Waals surface area contributed by atoms with Crippen LogP contribution in [0, 0.1) is 11.8 Å². The monoisotopic (exact) mass is 222 g/mol. The van der Waals surface area contributed by atoms with E-state index in [1.54, 1.807) is 0 Å². The summed E-state index contributed by atoms with van der Waals surface area (Å²) in [5.74, 6) is 6.40. The van der Waals surface area contributed by atoms with Gasteiger partial charge >= 0.3 is 0 Å². The lowest BCUT2D eigenvalue weighted by Gasteiger charge is -2.13. The maximum atomic E-state index is 5.82. The first-order valence-corrected chi connectivity index (χ1v) is 6.03. The average Bonchev–Trinajstić information content (AvgIpc) is 2.67. The molecule has 0 saturated carbocycles. The van der Waals surface area contributed by atoms with Crippen molar-refractivity contribution >= 4 is 10.8 Å². The molecule has 1 atom stereocenters. The summed E-state index contributed by atoms with van der Waals surface area (Å²) in [7, 11) is 0. The normalized spacial score (nSPS) is 19.4. The van der Waals surface area contributed by atoms with Gasteiger partial charge in [0.25, 0.3) is 0 Å². The third-order valence-electron chi connectivity index (χ3n) is 3.07. The van der Waals surface area contributed by atoms with Gasteiger partial charge in [0.1, 0.15) is 6.10 Å². The Kier molecular flexibility index (Phi) is 2.81. The molecule has 0 bridgehead atoms. The number of rotatable bonds is 1. The number of hydrogen-bond donors (Lipinski definition) is 0. The van der Waals surface area contributed by atoms with E-state index >= 15 is 0 Å². The minimum atomic E-state index is -0.0661. The van der Waals surface area contributed by atoms with Gasteiger partial charge < -0.3 is 4.74 Å². The van der Waals surface area contributed by atoms with Crippen LogP contribution in [0.25, 0.3) is 10.8 Å². The summed E-state index contributed by atoms with van der Waals surface area (Å²) in [5.41, 5.74) is 1.19. The zero-order valence-corrected chi connectivity index (χ0v) is 9.65. The first-order chi connectivity index (χ1) is 8.45. The van der Waals surface area contributed by atoms with Crippen LogP contribution in [-0.2, 0) is 4.74 Å². The standard InChI is InChI=1S/C16H14O/c1-2-11-16(17-12-5-1)15-10-6-8-13-7-3-4-9-14(13)15/h3-4,6-10,16H,1,5,12H2/t16-/m0/s1. The molecule has 1 heterocycles. The van der Waals surface area contributed by atoms with Crippen LogP contribution < -0.4 is 0 Å². The van der Waals surface area contributed by atoms with Crippen molar-refractivity contribution in [3.05, 3.63) is 48.0 Å². The Labute approximate surface area is 101 Å². The van der Waals surface area contributed by atoms with E-state index in [1.165, 1.54) is 16.3 Å². The van der Waals surface area contributed by atoms with Gasteiger partial charge in [-0.2, -0.15) is 0 Å². The van der Waals surface area contributed by atoms with E-state index in [0.29, 0.717) is 0 Å². The van der Waals surface area contributed by atoms with Gasteiger partial charge in [0.05, 0.1) is 0 Å². The molecule has 0 aliphatic carbocycles. The fourth-order valence-corrected chi connectivity index (χ4v) is 2.21. The summed E-state index contributed by atoms with van der Waals surface area (Å²) < 4.78 is 5.82. The molecule has 0 fully saturated rings. The van der Waals surface area contributed by atoms with Crippen molar-refractivity contribution in [2.75, 3.05) is 6.61 Å². The second kappa shape index (κ2) is 4.61. The Bertz CT molecular complexity index is 584. The second-order valence-corrected chi connectivity index (χ2v) is 4.24. The highest BCUT2D eigenvalue weighted by Gasteiger charge is 2.13. The number of benzene rings is 2. The SMILES string of the molecule is C1#C[C@@H](c2cccc3ccccc23)OCCC1. The molecule has 1 aliphatic heterocycles. The van der Waals surface area contributed by atoms with Crippen LogP contribution in [0.3, 0.4) is 0 Å². The molecule has 1 aliphatic rings. The third kappa shape index (κ3) is 2.05. The Balaban J connectivity index is 2.12. The molecule has 0 N–H and O–H groups in total. The van der Waals surface area contributed by atoms with Crippen LogP contribution in [0.15, 0.2) is 42.5 Å². The van der Waals surface area contributed by atoms with Crippen molar-refractivity contribution in [1.82, 2.24) is 0 Å². The Morgan fingerprint density at radius 1 is 1.06 bits per heavy atom. The lowest BCUT2D eigenvalue weighted by molar-refractivity contribution is 0.0943. The molecule has 0 spiro atoms. The molecule has 0 amide bonds. The predicted octanol–water partition coefficient (Wildman–Crippen LogP) is 3.69. The van der Waals surface area contributed by atoms with Gasteiger partial charge in [-0.1, -0.05) is 48.4 Å². The van der Waals surface area contributed by atoms with Gasteiger partial charge in [-0.15, -0.1) is 5.92 Å². The molecule has 3 rings (SSSR count). The summed E-state index contributed by atoms with van der Waals surface area (Å²) in [6.07, 6.45) is 1.92. The van der Waals surface area contributed by atoms with Gasteiger partial charge in [-0.25, -0.2) is 0 Å². The van der Waals surface area contributed by atoms with Crippen LogP contribution in [0.4, 0.5) is 0 Å². The first kappa shape index (κ1) is 10.4. The summed E-state index contributed by atoms with van der Waals surface area (Å²) in [6.45, 7) is 0.786. The fraction of sp³-hybridized carbons (Fsp3) is 0.250. The predicted molar refractivity (Wildman–Crippen MR) is 69.7 cm³/mol. The van der Waals surface area contributed by atoms with Crippen molar-refractivity contribution in [2.45, 2.75) is 18.9 Å². The third-order valence-corrected chi connectivity index (χ3v) is 3.07. The highest BCUT2D eigenvalue weighted by Crippen LogP contribution is 2.27. The van der Waals surface area contributed by atoms with Gasteiger partial charge in [-0.3, -0.25) is 0 Å². The Morgan fingerprint density at radius 3 is 2.94 bits per heavy atom. The highest BCUT2D eigenvalue weighted by atomic mass is 16.5. The van der Waals surface area contributed by atoms with E-state index < -0.39 is 0 Å². The molecule has 84 valence electrons. The molecule has 0 radical (unpaired) electrons. The van der Waals surface area contributed by atoms with Crippen LogP contribution in [0.5, 0.6) is 0 Å². The van der Waals surface area contributed by atoms with Crippen molar-refractivity contribution in [3.8, 4) is 11.8 Å². The molecular formula is C16H14O. The number of hydrogen-bond acceptors (Lipinski definition) is 1. The van der Waals surface area contributed by atoms with Crippen LogP contribution in [0.2, 0.25) is 0 Å². The second-order valence-electron chi connectivity index (χ2n) is 4.24. The topological polar surface area (TPSA) is 9.23 Å². The molecule has 17 heavy (non-hydrogen) atoms. The maximum absolute atomic E-state index is 5.82. The average molecular weight is 222 g/mol. The van der Waals surface area contributed by atoms with E-state index in [4.69, 9.17) is 4.74 Å². The lowest BCUT2D eigenvalue weighted by Crippen LogP contribution is -2.02. The van der Waals surface area contributed by atoms with Crippen molar-refractivity contribution < 1.29 is 4.74 Å². The van der Waals surface area contributed by atoms with E-state index in [9.17, 15) is 0 Å². The van der Waals surface area contributed by atoms with Gasteiger partial charge in [-0.05, 0) is 17.2 Å². The summed E-state index contributed by atoms with van der Waals surface area (Å²) in [4.78, 5) is 0. The van der Waals surface area contributed by atoms with Gasteiger partial charge in [0, 0.05) is 18.6 Å². The Morgan fingerprint density at radius 2 is 1.94 bits per heavy atom. The smallest absolute Gasteiger partial charge is 0.144 e. The van der Waals surface area contributed by atoms with E-state index in [-0.39, 0.29) is 6.10 Å². The zero-order chi connectivity index (χ0) is 11.5. The lowest BCUT2D eigenvalue weighted by atomic mass is 10.0. The van der Waals surface area contributed by atoms with Gasteiger partial charge in [0.2, 0.25) is 0 Å². The maximum Gasteiger partial charge on any atom is 0.144 e. The van der Waals surface area contributed by atoms with Crippen LogP contribution in [0.1, 0.15) is 24.5 Å². The van der Waals surface area contributed by atoms with Crippen molar-refractivity contribution in [3.63, 3.8) is 0 Å². The minimum Gasteiger partial charge on any atom is -0.361 e. The molecule has 0 saturated heterocycles. The summed E-state index contributed by atoms with van der Waals surface area (Å²) in [5, 5.41) is 2.50. The summed E-state index contributed by atoms with van der Waals surface area (Å²) >= 11 is 0. The molecule has 2 aromatic rings. The van der Waals surface area contributed by atoms with Crippen LogP contribution in [-0.4, -0.2) is 6.61 Å². The summed E-state index contributed by atoms with van der Waals surface area (Å²) in [6, 6.07) is 14.7. The van der Waals surface area contributed by atoms with E-state index in [0.717, 1.165) is 19.4 Å². The molecule has 1 nitrogen and oxygen atoms in total. The van der Waals surface area contributed by atoms with E-state index in [1.807, 2.05) is 0 Å². The molecule has 2 aromatic carbocycles.